The first kappa shape index (κ1) is 33.0. The van der Waals surface area contributed by atoms with Gasteiger partial charge in [-0.05, 0) is 12.1 Å². The second-order valence-electron chi connectivity index (χ2n) is 10.5. The van der Waals surface area contributed by atoms with E-state index in [-0.39, 0.29) is 21.8 Å². The highest BCUT2D eigenvalue weighted by Crippen LogP contribution is 2.42. The Bertz CT molecular complexity index is 1720. The third kappa shape index (κ3) is 6.10. The average molecular weight is 706 g/mol. The molecule has 4 unspecified atom stereocenters. The number of H-pyrrole nitrogens is 1. The molecule has 2 fully saturated rings. The number of thioether (sulfide) groups is 1. The summed E-state index contributed by atoms with van der Waals surface area (Å²) >= 11 is 7.22. The lowest BCUT2D eigenvalue weighted by Crippen LogP contribution is -2.58. The number of aliphatic hydroxyl groups excluding tert-OH is 6. The molecule has 2 saturated heterocycles. The van der Waals surface area contributed by atoms with Gasteiger partial charge in [-0.3, -0.25) is 4.79 Å². The fourth-order valence-electron chi connectivity index (χ4n) is 5.33. The number of nitrogens with one attached hydrogen (secondary N) is 1. The summed E-state index contributed by atoms with van der Waals surface area (Å²) in [5, 5.41) is 81.1. The minimum Gasteiger partial charge on any atom is -0.394 e. The Morgan fingerprint density at radius 3 is 1.85 bits per heavy atom. The molecular weight excluding hydrogens is 680 g/mol. The number of aromatic amines is 1. The van der Waals surface area contributed by atoms with Crippen molar-refractivity contribution in [3.05, 3.63) is 56.2 Å². The summed E-state index contributed by atoms with van der Waals surface area (Å²) in [4.78, 5) is 13.8. The van der Waals surface area contributed by atoms with Crippen molar-refractivity contribution in [2.75, 3.05) is 13.2 Å². The lowest BCUT2D eigenvalue weighted by atomic mass is 9.97. The van der Waals surface area contributed by atoms with E-state index in [9.17, 15) is 44.2 Å². The molecule has 248 valence electrons. The molecule has 1 aromatic carbocycles. The van der Waals surface area contributed by atoms with E-state index in [2.05, 4.69) is 25.6 Å². The molecule has 16 nitrogen and oxygen atoms in total. The number of hydrogen-bond acceptors (Lipinski definition) is 15. The SMILES string of the molecule is O=c1[nH]c(-c2cn(C3C(O)[C@@H](CO)O[C@@H](S[C@@H]4OC(CO)[C@H](O)[C@H](n5cc(-c6cc(F)c(Cl)c(F)c6)nn5)C4O)[C@@H]3O)nn2)cs1. The summed E-state index contributed by atoms with van der Waals surface area (Å²) in [6, 6.07) is -0.654. The topological polar surface area (TPSA) is 234 Å². The molecule has 4 aromatic rings. The zero-order valence-electron chi connectivity index (χ0n) is 23.1. The van der Waals surface area contributed by atoms with E-state index in [4.69, 9.17) is 21.1 Å². The van der Waals surface area contributed by atoms with E-state index >= 15 is 0 Å². The van der Waals surface area contributed by atoms with Gasteiger partial charge in [-0.1, -0.05) is 45.1 Å². The summed E-state index contributed by atoms with van der Waals surface area (Å²) in [6.45, 7) is -1.36. The Balaban J connectivity index is 1.25. The molecule has 46 heavy (non-hydrogen) atoms. The largest absolute Gasteiger partial charge is 0.394 e. The standard InChI is InChI=1S/C25H26ClF2N7O9S2/c26-16-9(27)1-8(2-10(16)28)11-3-34(32-30-11)17-19(38)14(5-36)43-23(21(17)40)46-24-22(41)18(20(39)15(6-37)44-24)35-4-12(31-33-35)13-7-45-25(42)29-13/h1-4,7,14-15,17-24,36-41H,5-6H2,(H,29,42)/t14?,15-,17+,18?,19+,20?,21?,22-,23+,24+/m1/s1. The van der Waals surface area contributed by atoms with Crippen molar-refractivity contribution in [2.24, 2.45) is 0 Å². The third-order valence-electron chi connectivity index (χ3n) is 7.67. The lowest BCUT2D eigenvalue weighted by molar-refractivity contribution is -0.189. The highest BCUT2D eigenvalue weighted by Gasteiger charge is 2.51. The van der Waals surface area contributed by atoms with Crippen molar-refractivity contribution < 1.29 is 48.9 Å². The molecule has 6 rings (SSSR count). The summed E-state index contributed by atoms with van der Waals surface area (Å²) in [7, 11) is 0. The van der Waals surface area contributed by atoms with Gasteiger partial charge < -0.3 is 45.1 Å². The third-order valence-corrected chi connectivity index (χ3v) is 10.0. The maximum Gasteiger partial charge on any atom is 0.304 e. The van der Waals surface area contributed by atoms with Crippen LogP contribution in [0.1, 0.15) is 12.1 Å². The molecule has 2 aliphatic heterocycles. The van der Waals surface area contributed by atoms with E-state index in [1.807, 2.05) is 0 Å². The van der Waals surface area contributed by atoms with Gasteiger partial charge in [0.2, 0.25) is 0 Å². The number of nitrogens with zero attached hydrogens (tertiary/aromatic N) is 6. The van der Waals surface area contributed by atoms with Crippen LogP contribution in [-0.2, 0) is 9.47 Å². The molecule has 21 heteroatoms. The number of aromatic nitrogens is 7. The average Bonchev–Trinajstić information content (AvgIpc) is 3.80. The maximum atomic E-state index is 14.1. The van der Waals surface area contributed by atoms with E-state index in [1.165, 1.54) is 22.5 Å². The molecular formula is C25H26ClF2N7O9S2. The number of rotatable bonds is 8. The molecule has 5 heterocycles. The van der Waals surface area contributed by atoms with Gasteiger partial charge in [0.05, 0.1) is 31.3 Å². The Hall–Kier alpha value is -2.89. The van der Waals surface area contributed by atoms with Crippen molar-refractivity contribution in [2.45, 2.75) is 59.6 Å². The molecule has 2 aliphatic rings. The quantitative estimate of drug-likeness (QED) is 0.112. The molecule has 0 aliphatic carbocycles. The summed E-state index contributed by atoms with van der Waals surface area (Å²) < 4.78 is 41.9. The highest BCUT2D eigenvalue weighted by atomic mass is 35.5. The van der Waals surface area contributed by atoms with Gasteiger partial charge in [-0.2, -0.15) is 0 Å². The number of ether oxygens (including phenoxy) is 2. The molecule has 0 bridgehead atoms. The van der Waals surface area contributed by atoms with Crippen LogP contribution in [0.3, 0.4) is 0 Å². The van der Waals surface area contributed by atoms with Crippen LogP contribution in [0.4, 0.5) is 8.78 Å². The van der Waals surface area contributed by atoms with Crippen molar-refractivity contribution in [3.63, 3.8) is 0 Å². The van der Waals surface area contributed by atoms with Crippen LogP contribution < -0.4 is 4.87 Å². The second-order valence-corrected chi connectivity index (χ2v) is 12.9. The minimum absolute atomic E-state index is 0.0162. The van der Waals surface area contributed by atoms with Crippen molar-refractivity contribution >= 4 is 34.7 Å². The highest BCUT2D eigenvalue weighted by molar-refractivity contribution is 8.00. The first-order chi connectivity index (χ1) is 22.0. The molecule has 0 spiro atoms. The van der Waals surface area contributed by atoms with Gasteiger partial charge in [0.1, 0.15) is 87.6 Å². The molecule has 7 N–H and O–H groups in total. The first-order valence-electron chi connectivity index (χ1n) is 13.6. The van der Waals surface area contributed by atoms with Gasteiger partial charge in [0.15, 0.2) is 0 Å². The molecule has 3 aromatic heterocycles. The fourth-order valence-corrected chi connectivity index (χ4v) is 7.33. The Morgan fingerprint density at radius 1 is 0.870 bits per heavy atom. The zero-order chi connectivity index (χ0) is 32.9. The van der Waals surface area contributed by atoms with Crippen LogP contribution in [0.5, 0.6) is 0 Å². The number of thiazole rings is 1. The van der Waals surface area contributed by atoms with Crippen LogP contribution in [0, 0.1) is 11.6 Å². The number of benzene rings is 1. The Labute approximate surface area is 269 Å². The van der Waals surface area contributed by atoms with Crippen LogP contribution >= 0.6 is 34.7 Å². The molecule has 0 radical (unpaired) electrons. The second kappa shape index (κ2) is 13.3. The van der Waals surface area contributed by atoms with E-state index in [0.29, 0.717) is 5.69 Å². The predicted molar refractivity (Wildman–Crippen MR) is 156 cm³/mol. The van der Waals surface area contributed by atoms with Crippen molar-refractivity contribution in [3.8, 4) is 22.6 Å². The van der Waals surface area contributed by atoms with Crippen molar-refractivity contribution in [1.29, 1.82) is 0 Å². The van der Waals surface area contributed by atoms with E-state index < -0.39 is 89.5 Å². The van der Waals surface area contributed by atoms with Crippen LogP contribution in [-0.4, -0.2) is 126 Å². The van der Waals surface area contributed by atoms with Crippen LogP contribution in [0.15, 0.2) is 34.7 Å². The number of hydrogen-bond donors (Lipinski definition) is 7. The predicted octanol–water partition coefficient (Wildman–Crippen LogP) is -0.721. The fraction of sp³-hybridized carbons (Fsp3) is 0.480. The molecule has 0 amide bonds. The summed E-state index contributed by atoms with van der Waals surface area (Å²) in [5.41, 5.74) is -2.01. The minimum atomic E-state index is -1.60. The van der Waals surface area contributed by atoms with Gasteiger partial charge >= 0.3 is 4.87 Å². The van der Waals surface area contributed by atoms with Gasteiger partial charge in [-0.15, -0.1) is 10.2 Å². The number of halogens is 3. The van der Waals surface area contributed by atoms with Gasteiger partial charge in [0, 0.05) is 10.9 Å². The molecule has 10 atom stereocenters. The number of aliphatic hydroxyl groups is 6. The summed E-state index contributed by atoms with van der Waals surface area (Å²) in [6.07, 6.45) is -6.04. The normalized spacial score (nSPS) is 31.8. The zero-order valence-corrected chi connectivity index (χ0v) is 25.5. The Kier molecular flexibility index (Phi) is 9.56. The van der Waals surface area contributed by atoms with Gasteiger partial charge in [0.25, 0.3) is 0 Å². The maximum absolute atomic E-state index is 14.1. The van der Waals surface area contributed by atoms with E-state index in [1.54, 1.807) is 0 Å². The van der Waals surface area contributed by atoms with Crippen molar-refractivity contribution in [1.82, 2.24) is 35.0 Å². The van der Waals surface area contributed by atoms with Gasteiger partial charge in [-0.25, -0.2) is 18.1 Å². The van der Waals surface area contributed by atoms with E-state index in [0.717, 1.165) is 39.9 Å². The smallest absolute Gasteiger partial charge is 0.304 e. The summed E-state index contributed by atoms with van der Waals surface area (Å²) in [5.74, 6) is -2.07. The monoisotopic (exact) mass is 705 g/mol. The van der Waals surface area contributed by atoms with Crippen LogP contribution in [0.2, 0.25) is 5.02 Å². The lowest BCUT2D eigenvalue weighted by Gasteiger charge is -2.46. The van der Waals surface area contributed by atoms with Crippen LogP contribution in [0.25, 0.3) is 22.6 Å². The molecule has 0 saturated carbocycles. The first-order valence-corrected chi connectivity index (χ1v) is 15.8. The Morgan fingerprint density at radius 2 is 1.37 bits per heavy atom.